The fourth-order valence-electron chi connectivity index (χ4n) is 5.97. The van der Waals surface area contributed by atoms with E-state index in [1.165, 1.54) is 12.1 Å². The van der Waals surface area contributed by atoms with E-state index in [4.69, 9.17) is 4.74 Å². The molecule has 0 aromatic heterocycles. The Kier molecular flexibility index (Phi) is 9.58. The zero-order valence-electron chi connectivity index (χ0n) is 26.0. The van der Waals surface area contributed by atoms with E-state index in [1.807, 2.05) is 57.4 Å². The van der Waals surface area contributed by atoms with Gasteiger partial charge in [-0.25, -0.2) is 4.39 Å². The predicted molar refractivity (Wildman–Crippen MR) is 177 cm³/mol. The summed E-state index contributed by atoms with van der Waals surface area (Å²) in [6, 6.07) is 16.4. The molecular weight excluding hydrogens is 591 g/mol. The highest BCUT2D eigenvalue weighted by Gasteiger charge is 2.38. The standard InChI is InChI=1S/C36H39FN2O5S/c1-22-8-5-6-9-25(22)16-32(41)39-30-10-7-11-31(40)34(30)38-29(18-36(3,4)19-33(42)43)23(2)35(39)27-13-12-26(17-28(27)37)44-20-24-14-15-45-21-24/h5-15,17,24,35,38,40H,16,18-21H2,1-4H3,(H,42,43)/t24?,35-/m1/s1. The Bertz CT molecular complexity index is 1670. The Hall–Kier alpha value is -4.24. The summed E-state index contributed by atoms with van der Waals surface area (Å²) in [6.07, 6.45) is 2.32. The maximum absolute atomic E-state index is 16.3. The number of benzene rings is 3. The minimum Gasteiger partial charge on any atom is -0.506 e. The van der Waals surface area contributed by atoms with Crippen LogP contribution in [0, 0.1) is 24.1 Å². The average molecular weight is 631 g/mol. The number of hydrogen-bond donors (Lipinski definition) is 3. The number of nitrogens with zero attached hydrogens (tertiary/aromatic N) is 1. The van der Waals surface area contributed by atoms with Gasteiger partial charge >= 0.3 is 5.97 Å². The number of allylic oxidation sites excluding steroid dienone is 1. The van der Waals surface area contributed by atoms with Crippen LogP contribution in [0.5, 0.6) is 11.5 Å². The molecule has 0 bridgehead atoms. The molecule has 3 aromatic carbocycles. The molecule has 2 atom stereocenters. The van der Waals surface area contributed by atoms with Crippen molar-refractivity contribution in [2.75, 3.05) is 22.6 Å². The number of carboxylic acids is 1. The zero-order chi connectivity index (χ0) is 32.3. The van der Waals surface area contributed by atoms with Gasteiger partial charge in [0.1, 0.15) is 23.0 Å². The summed E-state index contributed by atoms with van der Waals surface area (Å²) in [5.41, 5.74) is 3.34. The normalized spacial score (nSPS) is 17.9. The fraction of sp³-hybridized carbons (Fsp3) is 0.333. The monoisotopic (exact) mass is 630 g/mol. The summed E-state index contributed by atoms with van der Waals surface area (Å²) in [5.74, 6) is -0.250. The van der Waals surface area contributed by atoms with E-state index in [0.29, 0.717) is 35.0 Å². The molecular formula is C36H39FN2O5S. The lowest BCUT2D eigenvalue weighted by Gasteiger charge is -2.33. The van der Waals surface area contributed by atoms with Gasteiger partial charge in [0.05, 0.1) is 31.2 Å². The molecule has 5 rings (SSSR count). The van der Waals surface area contributed by atoms with E-state index in [0.717, 1.165) is 16.9 Å². The molecule has 2 heterocycles. The van der Waals surface area contributed by atoms with Crippen LogP contribution in [0.15, 0.2) is 83.4 Å². The number of ether oxygens (including phenoxy) is 1. The second-order valence-electron chi connectivity index (χ2n) is 12.6. The number of hydrogen-bond acceptors (Lipinski definition) is 6. The number of carboxylic acid groups (broad SMARTS) is 1. The van der Waals surface area contributed by atoms with Gasteiger partial charge in [0.25, 0.3) is 0 Å². The van der Waals surface area contributed by atoms with Crippen LogP contribution in [-0.4, -0.2) is 34.4 Å². The molecule has 0 saturated carbocycles. The number of phenolic OH excluding ortho intramolecular Hbond substituents is 1. The SMILES string of the molecule is CC1=C(CC(C)(C)CC(=O)O)Nc2c(O)cccc2N(C(=O)Cc2ccccc2C)[C@H]1c1ccc(OCC2C=CSC2)cc1F. The Morgan fingerprint density at radius 2 is 1.89 bits per heavy atom. The molecule has 0 saturated heterocycles. The van der Waals surface area contributed by atoms with E-state index < -0.39 is 23.2 Å². The summed E-state index contributed by atoms with van der Waals surface area (Å²) in [6.45, 7) is 7.90. The number of aliphatic carboxylic acids is 1. The molecule has 45 heavy (non-hydrogen) atoms. The van der Waals surface area contributed by atoms with Crippen molar-refractivity contribution in [3.05, 3.63) is 106 Å². The van der Waals surface area contributed by atoms with Crippen LogP contribution < -0.4 is 15.0 Å². The van der Waals surface area contributed by atoms with Crippen molar-refractivity contribution in [2.24, 2.45) is 11.3 Å². The number of amides is 1. The van der Waals surface area contributed by atoms with Gasteiger partial charge in [0.2, 0.25) is 5.91 Å². The second kappa shape index (κ2) is 13.4. The third kappa shape index (κ3) is 7.36. The number of aryl methyl sites for hydroxylation is 1. The Morgan fingerprint density at radius 1 is 1.11 bits per heavy atom. The Morgan fingerprint density at radius 3 is 2.58 bits per heavy atom. The van der Waals surface area contributed by atoms with Crippen LogP contribution >= 0.6 is 11.8 Å². The van der Waals surface area contributed by atoms with Gasteiger partial charge in [-0.15, -0.1) is 11.8 Å². The number of aromatic hydroxyl groups is 1. The first kappa shape index (κ1) is 32.2. The summed E-state index contributed by atoms with van der Waals surface area (Å²) in [5, 5.41) is 26.0. The van der Waals surface area contributed by atoms with Crippen LogP contribution in [0.25, 0.3) is 0 Å². The maximum atomic E-state index is 16.3. The van der Waals surface area contributed by atoms with Gasteiger partial charge in [0, 0.05) is 29.0 Å². The molecule has 1 unspecified atom stereocenters. The van der Waals surface area contributed by atoms with Gasteiger partial charge in [-0.2, -0.15) is 0 Å². The maximum Gasteiger partial charge on any atom is 0.303 e. The van der Waals surface area contributed by atoms with Crippen molar-refractivity contribution < 1.29 is 28.9 Å². The van der Waals surface area contributed by atoms with Crippen molar-refractivity contribution in [1.82, 2.24) is 0 Å². The van der Waals surface area contributed by atoms with E-state index in [9.17, 15) is 19.8 Å². The number of phenols is 1. The molecule has 3 aromatic rings. The Labute approximate surface area is 267 Å². The molecule has 9 heteroatoms. The van der Waals surface area contributed by atoms with Crippen molar-refractivity contribution >= 4 is 35.0 Å². The molecule has 2 aliphatic rings. The second-order valence-corrected chi connectivity index (χ2v) is 13.5. The van der Waals surface area contributed by atoms with Gasteiger partial charge in [0.15, 0.2) is 0 Å². The highest BCUT2D eigenvalue weighted by molar-refractivity contribution is 8.02. The first-order valence-corrected chi connectivity index (χ1v) is 16.1. The molecule has 0 radical (unpaired) electrons. The number of halogens is 1. The molecule has 2 aliphatic heterocycles. The van der Waals surface area contributed by atoms with Crippen molar-refractivity contribution in [2.45, 2.75) is 53.0 Å². The van der Waals surface area contributed by atoms with Crippen LogP contribution in [0.4, 0.5) is 15.8 Å². The largest absolute Gasteiger partial charge is 0.506 e. The van der Waals surface area contributed by atoms with E-state index >= 15 is 4.39 Å². The van der Waals surface area contributed by atoms with Gasteiger partial charge in [-0.3, -0.25) is 14.5 Å². The van der Waals surface area contributed by atoms with E-state index in [2.05, 4.69) is 11.4 Å². The quantitative estimate of drug-likeness (QED) is 0.195. The molecule has 0 aliphatic carbocycles. The van der Waals surface area contributed by atoms with E-state index in [-0.39, 0.29) is 42.4 Å². The van der Waals surface area contributed by atoms with Crippen molar-refractivity contribution in [3.8, 4) is 11.5 Å². The lowest BCUT2D eigenvalue weighted by molar-refractivity contribution is -0.139. The first-order valence-electron chi connectivity index (χ1n) is 15.0. The number of anilines is 2. The highest BCUT2D eigenvalue weighted by atomic mass is 32.2. The van der Waals surface area contributed by atoms with Crippen molar-refractivity contribution in [1.29, 1.82) is 0 Å². The smallest absolute Gasteiger partial charge is 0.303 e. The fourth-order valence-corrected chi connectivity index (χ4v) is 6.87. The predicted octanol–water partition coefficient (Wildman–Crippen LogP) is 8.00. The number of para-hydroxylation sites is 1. The summed E-state index contributed by atoms with van der Waals surface area (Å²) < 4.78 is 22.2. The lowest BCUT2D eigenvalue weighted by Crippen LogP contribution is -2.37. The van der Waals surface area contributed by atoms with E-state index in [1.54, 1.807) is 40.9 Å². The van der Waals surface area contributed by atoms with Gasteiger partial charge in [-0.05, 0) is 72.1 Å². The molecule has 0 fully saturated rings. The minimum atomic E-state index is -0.935. The molecule has 7 nitrogen and oxygen atoms in total. The Balaban J connectivity index is 1.63. The number of carbonyl (C=O) groups excluding carboxylic acids is 1. The molecule has 0 spiro atoms. The molecule has 236 valence electrons. The zero-order valence-corrected chi connectivity index (χ0v) is 26.8. The molecule has 3 N–H and O–H groups in total. The van der Waals surface area contributed by atoms with Crippen LogP contribution in [0.3, 0.4) is 0 Å². The average Bonchev–Trinajstić information content (AvgIpc) is 3.46. The number of nitrogens with one attached hydrogen (secondary N) is 1. The lowest BCUT2D eigenvalue weighted by atomic mass is 9.82. The summed E-state index contributed by atoms with van der Waals surface area (Å²) in [7, 11) is 0. The third-order valence-electron chi connectivity index (χ3n) is 8.34. The number of thioether (sulfide) groups is 1. The molecule has 1 amide bonds. The van der Waals surface area contributed by atoms with Gasteiger partial charge < -0.3 is 20.3 Å². The van der Waals surface area contributed by atoms with Crippen molar-refractivity contribution in [3.63, 3.8) is 0 Å². The number of carbonyl (C=O) groups is 2. The number of fused-ring (bicyclic) bond motifs is 1. The van der Waals surface area contributed by atoms with Crippen LogP contribution in [-0.2, 0) is 16.0 Å². The minimum absolute atomic E-state index is 0.0567. The first-order chi connectivity index (χ1) is 21.4. The topological polar surface area (TPSA) is 99.1 Å². The van der Waals surface area contributed by atoms with Gasteiger partial charge in [-0.1, -0.05) is 50.3 Å². The highest BCUT2D eigenvalue weighted by Crippen LogP contribution is 2.48. The number of rotatable bonds is 10. The summed E-state index contributed by atoms with van der Waals surface area (Å²) >= 11 is 1.72. The van der Waals surface area contributed by atoms with Crippen LogP contribution in [0.2, 0.25) is 0 Å². The summed E-state index contributed by atoms with van der Waals surface area (Å²) in [4.78, 5) is 27.7. The third-order valence-corrected chi connectivity index (χ3v) is 9.32. The van der Waals surface area contributed by atoms with Crippen LogP contribution in [0.1, 0.15) is 56.3 Å².